The number of carbonyl (C=O) groups is 1. The molecule has 2 aromatic rings. The molecule has 20 heavy (non-hydrogen) atoms. The van der Waals surface area contributed by atoms with Crippen LogP contribution < -0.4 is 5.73 Å². The van der Waals surface area contributed by atoms with Crippen LogP contribution in [0.1, 0.15) is 21.5 Å². The fourth-order valence-electron chi connectivity index (χ4n) is 1.76. The monoisotopic (exact) mass is 293 g/mol. The molecule has 2 rings (SSSR count). The highest BCUT2D eigenvalue weighted by Crippen LogP contribution is 2.23. The first-order valence-electron chi connectivity index (χ1n) is 5.95. The van der Waals surface area contributed by atoms with Crippen LogP contribution in [0.4, 0.5) is 10.1 Å². The van der Waals surface area contributed by atoms with Crippen molar-refractivity contribution in [3.8, 4) is 0 Å². The number of ether oxygens (including phenoxy) is 1. The van der Waals surface area contributed by atoms with Crippen LogP contribution >= 0.6 is 11.6 Å². The zero-order valence-electron chi connectivity index (χ0n) is 10.8. The number of para-hydroxylation sites is 1. The summed E-state index contributed by atoms with van der Waals surface area (Å²) in [5, 5.41) is 0.303. The molecule has 0 saturated heterocycles. The van der Waals surface area contributed by atoms with Crippen molar-refractivity contribution < 1.29 is 13.9 Å². The summed E-state index contributed by atoms with van der Waals surface area (Å²) in [6, 6.07) is 9.05. The van der Waals surface area contributed by atoms with Crippen LogP contribution in [0.15, 0.2) is 36.4 Å². The number of hydrogen-bond donors (Lipinski definition) is 1. The SMILES string of the molecule is Cc1cc(F)ccc1COC(=O)c1cccc(Cl)c1N. The maximum absolute atomic E-state index is 13.0. The summed E-state index contributed by atoms with van der Waals surface area (Å²) in [4.78, 5) is 11.9. The van der Waals surface area contributed by atoms with Crippen LogP contribution in [0.3, 0.4) is 0 Å². The average molecular weight is 294 g/mol. The van der Waals surface area contributed by atoms with Crippen LogP contribution in [0, 0.1) is 12.7 Å². The van der Waals surface area contributed by atoms with Gasteiger partial charge in [0.2, 0.25) is 0 Å². The molecule has 0 aliphatic rings. The smallest absolute Gasteiger partial charge is 0.340 e. The minimum absolute atomic E-state index is 0.0525. The summed E-state index contributed by atoms with van der Waals surface area (Å²) >= 11 is 5.84. The van der Waals surface area contributed by atoms with Crippen molar-refractivity contribution in [3.05, 3.63) is 63.9 Å². The Labute approximate surface area is 121 Å². The molecule has 0 unspecified atom stereocenters. The minimum Gasteiger partial charge on any atom is -0.457 e. The summed E-state index contributed by atoms with van der Waals surface area (Å²) in [5.74, 6) is -0.884. The Balaban J connectivity index is 2.11. The van der Waals surface area contributed by atoms with Crippen LogP contribution in [-0.2, 0) is 11.3 Å². The molecular formula is C15H13ClFNO2. The van der Waals surface area contributed by atoms with Crippen molar-refractivity contribution >= 4 is 23.3 Å². The number of nitrogens with two attached hydrogens (primary N) is 1. The predicted octanol–water partition coefficient (Wildman–Crippen LogP) is 3.73. The number of rotatable bonds is 3. The van der Waals surface area contributed by atoms with Gasteiger partial charge in [0.15, 0.2) is 0 Å². The molecular weight excluding hydrogens is 281 g/mol. The summed E-state index contributed by atoms with van der Waals surface area (Å²) in [5.41, 5.74) is 7.59. The lowest BCUT2D eigenvalue weighted by atomic mass is 10.1. The van der Waals surface area contributed by atoms with E-state index in [1.807, 2.05) is 0 Å². The Morgan fingerprint density at radius 1 is 1.35 bits per heavy atom. The Morgan fingerprint density at radius 3 is 2.80 bits per heavy atom. The molecule has 0 radical (unpaired) electrons. The molecule has 0 aliphatic heterocycles. The molecule has 5 heteroatoms. The van der Waals surface area contributed by atoms with Gasteiger partial charge in [-0.1, -0.05) is 23.7 Å². The summed E-state index contributed by atoms with van der Waals surface area (Å²) in [6.45, 7) is 1.80. The van der Waals surface area contributed by atoms with E-state index in [1.54, 1.807) is 31.2 Å². The quantitative estimate of drug-likeness (QED) is 0.693. The van der Waals surface area contributed by atoms with Gasteiger partial charge in [-0.2, -0.15) is 0 Å². The Morgan fingerprint density at radius 2 is 2.10 bits per heavy atom. The zero-order chi connectivity index (χ0) is 14.7. The van der Waals surface area contributed by atoms with Gasteiger partial charge in [0.05, 0.1) is 16.3 Å². The third kappa shape index (κ3) is 3.08. The highest BCUT2D eigenvalue weighted by molar-refractivity contribution is 6.33. The number of carbonyl (C=O) groups excluding carboxylic acids is 1. The van der Waals surface area contributed by atoms with Gasteiger partial charge >= 0.3 is 5.97 Å². The lowest BCUT2D eigenvalue weighted by Gasteiger charge is -2.09. The van der Waals surface area contributed by atoms with Gasteiger partial charge in [-0.25, -0.2) is 9.18 Å². The van der Waals surface area contributed by atoms with Crippen LogP contribution in [0.25, 0.3) is 0 Å². The number of aryl methyl sites for hydroxylation is 1. The molecule has 104 valence electrons. The zero-order valence-corrected chi connectivity index (χ0v) is 11.6. The molecule has 0 heterocycles. The van der Waals surface area contributed by atoms with Crippen molar-refractivity contribution in [1.29, 1.82) is 0 Å². The summed E-state index contributed by atoms with van der Waals surface area (Å²) < 4.78 is 18.1. The predicted molar refractivity (Wildman–Crippen MR) is 76.1 cm³/mol. The Kier molecular flexibility index (Phi) is 4.25. The first-order chi connectivity index (χ1) is 9.49. The Bertz CT molecular complexity index is 658. The second kappa shape index (κ2) is 5.92. The summed E-state index contributed by atoms with van der Waals surface area (Å²) in [7, 11) is 0. The van der Waals surface area contributed by atoms with E-state index in [2.05, 4.69) is 0 Å². The molecule has 0 aromatic heterocycles. The standard InChI is InChI=1S/C15H13ClFNO2/c1-9-7-11(17)6-5-10(9)8-20-15(19)12-3-2-4-13(16)14(12)18/h2-7H,8,18H2,1H3. The van der Waals surface area contributed by atoms with Gasteiger partial charge < -0.3 is 10.5 Å². The molecule has 0 saturated carbocycles. The second-order valence-corrected chi connectivity index (χ2v) is 4.76. The lowest BCUT2D eigenvalue weighted by molar-refractivity contribution is 0.0473. The van der Waals surface area contributed by atoms with Gasteiger partial charge in [0.25, 0.3) is 0 Å². The molecule has 0 spiro atoms. The van der Waals surface area contributed by atoms with Gasteiger partial charge in [0, 0.05) is 0 Å². The van der Waals surface area contributed by atoms with Gasteiger partial charge in [-0.3, -0.25) is 0 Å². The van der Waals surface area contributed by atoms with Gasteiger partial charge in [0.1, 0.15) is 12.4 Å². The Hall–Kier alpha value is -2.07. The molecule has 3 nitrogen and oxygen atoms in total. The molecule has 0 bridgehead atoms. The van der Waals surface area contributed by atoms with Crippen molar-refractivity contribution in [1.82, 2.24) is 0 Å². The number of anilines is 1. The number of halogens is 2. The summed E-state index contributed by atoms with van der Waals surface area (Å²) in [6.07, 6.45) is 0. The van der Waals surface area contributed by atoms with E-state index in [-0.39, 0.29) is 23.7 Å². The fourth-order valence-corrected chi connectivity index (χ4v) is 1.93. The number of nitrogen functional groups attached to an aromatic ring is 1. The largest absolute Gasteiger partial charge is 0.457 e. The molecule has 2 aromatic carbocycles. The van der Waals surface area contributed by atoms with E-state index in [4.69, 9.17) is 22.1 Å². The molecule has 2 N–H and O–H groups in total. The number of hydrogen-bond acceptors (Lipinski definition) is 3. The maximum Gasteiger partial charge on any atom is 0.340 e. The van der Waals surface area contributed by atoms with E-state index < -0.39 is 5.97 Å². The third-order valence-electron chi connectivity index (χ3n) is 2.94. The van der Waals surface area contributed by atoms with Gasteiger partial charge in [-0.15, -0.1) is 0 Å². The average Bonchev–Trinajstić information content (AvgIpc) is 2.40. The van der Waals surface area contributed by atoms with Crippen molar-refractivity contribution in [2.45, 2.75) is 13.5 Å². The highest BCUT2D eigenvalue weighted by atomic mass is 35.5. The second-order valence-electron chi connectivity index (χ2n) is 4.35. The van der Waals surface area contributed by atoms with Crippen molar-refractivity contribution in [2.24, 2.45) is 0 Å². The van der Waals surface area contributed by atoms with Crippen molar-refractivity contribution in [2.75, 3.05) is 5.73 Å². The lowest BCUT2D eigenvalue weighted by Crippen LogP contribution is -2.09. The highest BCUT2D eigenvalue weighted by Gasteiger charge is 2.13. The van der Waals surface area contributed by atoms with E-state index in [0.29, 0.717) is 5.02 Å². The maximum atomic E-state index is 13.0. The fraction of sp³-hybridized carbons (Fsp3) is 0.133. The van der Waals surface area contributed by atoms with Crippen LogP contribution in [-0.4, -0.2) is 5.97 Å². The number of benzene rings is 2. The van der Waals surface area contributed by atoms with E-state index in [0.717, 1.165) is 11.1 Å². The van der Waals surface area contributed by atoms with Crippen LogP contribution in [0.5, 0.6) is 0 Å². The van der Waals surface area contributed by atoms with Gasteiger partial charge in [-0.05, 0) is 42.3 Å². The number of esters is 1. The minimum atomic E-state index is -0.561. The molecule has 0 atom stereocenters. The topological polar surface area (TPSA) is 52.3 Å². The van der Waals surface area contributed by atoms with E-state index in [9.17, 15) is 9.18 Å². The normalized spacial score (nSPS) is 10.3. The van der Waals surface area contributed by atoms with E-state index >= 15 is 0 Å². The van der Waals surface area contributed by atoms with Crippen molar-refractivity contribution in [3.63, 3.8) is 0 Å². The molecule has 0 fully saturated rings. The van der Waals surface area contributed by atoms with Crippen LogP contribution in [0.2, 0.25) is 5.02 Å². The molecule has 0 amide bonds. The third-order valence-corrected chi connectivity index (χ3v) is 3.27. The first kappa shape index (κ1) is 14.3. The molecule has 0 aliphatic carbocycles. The first-order valence-corrected chi connectivity index (χ1v) is 6.33. The van der Waals surface area contributed by atoms with E-state index in [1.165, 1.54) is 12.1 Å².